The molecule has 1 aromatic heterocycles. The minimum Gasteiger partial charge on any atom is -0.396 e. The highest BCUT2D eigenvalue weighted by molar-refractivity contribution is 7.89. The van der Waals surface area contributed by atoms with Crippen molar-refractivity contribution in [2.24, 2.45) is 7.05 Å². The summed E-state index contributed by atoms with van der Waals surface area (Å²) < 4.78 is 41.0. The molecular formula is C11H13FN4O2S. The van der Waals surface area contributed by atoms with Gasteiger partial charge in [-0.3, -0.25) is 4.68 Å². The van der Waals surface area contributed by atoms with Crippen LogP contribution in [0.3, 0.4) is 0 Å². The van der Waals surface area contributed by atoms with E-state index in [0.29, 0.717) is 5.69 Å². The Morgan fingerprint density at radius 2 is 2.16 bits per heavy atom. The number of benzene rings is 1. The molecule has 1 aromatic carbocycles. The highest BCUT2D eigenvalue weighted by Crippen LogP contribution is 2.16. The maximum Gasteiger partial charge on any atom is 0.241 e. The SMILES string of the molecule is Cn1ccc(CNS(=O)(=O)c2ccc(N)c(F)c2)n1. The molecule has 0 spiro atoms. The van der Waals surface area contributed by atoms with E-state index in [4.69, 9.17) is 5.73 Å². The lowest BCUT2D eigenvalue weighted by Gasteiger charge is -2.06. The first-order chi connectivity index (χ1) is 8.88. The summed E-state index contributed by atoms with van der Waals surface area (Å²) in [7, 11) is -2.05. The van der Waals surface area contributed by atoms with Gasteiger partial charge in [-0.2, -0.15) is 5.10 Å². The lowest BCUT2D eigenvalue weighted by Crippen LogP contribution is -2.23. The molecule has 0 aliphatic heterocycles. The van der Waals surface area contributed by atoms with Crippen molar-refractivity contribution < 1.29 is 12.8 Å². The van der Waals surface area contributed by atoms with Gasteiger partial charge < -0.3 is 5.73 Å². The number of aryl methyl sites for hydroxylation is 1. The number of halogens is 1. The molecule has 0 saturated heterocycles. The molecule has 0 fully saturated rings. The third kappa shape index (κ3) is 3.09. The number of nitrogens with zero attached hydrogens (tertiary/aromatic N) is 2. The molecule has 0 aliphatic rings. The number of rotatable bonds is 4. The average Bonchev–Trinajstić information content (AvgIpc) is 2.76. The Hall–Kier alpha value is -1.93. The van der Waals surface area contributed by atoms with Crippen molar-refractivity contribution in [3.63, 3.8) is 0 Å². The van der Waals surface area contributed by atoms with Crippen molar-refractivity contribution in [3.05, 3.63) is 42.0 Å². The summed E-state index contributed by atoms with van der Waals surface area (Å²) in [5, 5.41) is 4.03. The molecule has 0 radical (unpaired) electrons. The molecule has 0 unspecified atom stereocenters. The standard InChI is InChI=1S/C11H13FN4O2S/c1-16-5-4-8(15-16)7-14-19(17,18)9-2-3-11(13)10(12)6-9/h2-6,14H,7,13H2,1H3. The van der Waals surface area contributed by atoms with Crippen molar-refractivity contribution in [2.75, 3.05) is 5.73 Å². The molecule has 3 N–H and O–H groups in total. The van der Waals surface area contributed by atoms with Crippen LogP contribution in [0.5, 0.6) is 0 Å². The van der Waals surface area contributed by atoms with Gasteiger partial charge in [0.1, 0.15) is 5.82 Å². The van der Waals surface area contributed by atoms with Crippen molar-refractivity contribution in [3.8, 4) is 0 Å². The van der Waals surface area contributed by atoms with Crippen LogP contribution in [0.1, 0.15) is 5.69 Å². The second kappa shape index (κ2) is 4.98. The number of hydrogen-bond donors (Lipinski definition) is 2. The first-order valence-corrected chi connectivity index (χ1v) is 6.90. The maximum absolute atomic E-state index is 13.2. The van der Waals surface area contributed by atoms with Gasteiger partial charge in [0.15, 0.2) is 0 Å². The minimum atomic E-state index is -3.78. The summed E-state index contributed by atoms with van der Waals surface area (Å²) >= 11 is 0. The molecule has 1 heterocycles. The summed E-state index contributed by atoms with van der Waals surface area (Å²) in [6.45, 7) is 0.0369. The van der Waals surface area contributed by atoms with E-state index in [0.717, 1.165) is 6.07 Å². The van der Waals surface area contributed by atoms with Gasteiger partial charge in [-0.25, -0.2) is 17.5 Å². The predicted octanol–water partition coefficient (Wildman–Crippen LogP) is 0.620. The summed E-state index contributed by atoms with van der Waals surface area (Å²) in [6.07, 6.45) is 1.70. The molecule has 0 atom stereocenters. The molecule has 0 bridgehead atoms. The zero-order valence-corrected chi connectivity index (χ0v) is 11.0. The lowest BCUT2D eigenvalue weighted by molar-refractivity contribution is 0.576. The summed E-state index contributed by atoms with van der Waals surface area (Å²) in [5.74, 6) is -0.763. The molecular weight excluding hydrogens is 271 g/mol. The lowest BCUT2D eigenvalue weighted by atomic mass is 10.3. The van der Waals surface area contributed by atoms with E-state index in [-0.39, 0.29) is 17.1 Å². The fourth-order valence-corrected chi connectivity index (χ4v) is 2.50. The number of sulfonamides is 1. The summed E-state index contributed by atoms with van der Waals surface area (Å²) in [4.78, 5) is -0.171. The van der Waals surface area contributed by atoms with Crippen molar-refractivity contribution in [1.29, 1.82) is 0 Å². The fraction of sp³-hybridized carbons (Fsp3) is 0.182. The summed E-state index contributed by atoms with van der Waals surface area (Å²) in [6, 6.07) is 5.03. The molecule has 19 heavy (non-hydrogen) atoms. The number of aromatic nitrogens is 2. The van der Waals surface area contributed by atoms with E-state index in [9.17, 15) is 12.8 Å². The second-order valence-corrected chi connectivity index (χ2v) is 5.76. The quantitative estimate of drug-likeness (QED) is 0.805. The predicted molar refractivity (Wildman–Crippen MR) is 68.0 cm³/mol. The van der Waals surface area contributed by atoms with Crippen LogP contribution >= 0.6 is 0 Å². The topological polar surface area (TPSA) is 90.0 Å². The van der Waals surface area contributed by atoms with E-state index in [2.05, 4.69) is 9.82 Å². The monoisotopic (exact) mass is 284 g/mol. The first-order valence-electron chi connectivity index (χ1n) is 5.42. The molecule has 102 valence electrons. The molecule has 0 amide bonds. The summed E-state index contributed by atoms with van der Waals surface area (Å²) in [5.41, 5.74) is 5.77. The van der Waals surface area contributed by atoms with Gasteiger partial charge in [0.05, 0.1) is 22.8 Å². The van der Waals surface area contributed by atoms with Gasteiger partial charge in [-0.15, -0.1) is 0 Å². The van der Waals surface area contributed by atoms with Gasteiger partial charge in [-0.1, -0.05) is 0 Å². The number of anilines is 1. The normalized spacial score (nSPS) is 11.7. The van der Waals surface area contributed by atoms with Crippen LogP contribution in [-0.2, 0) is 23.6 Å². The molecule has 0 aliphatic carbocycles. The van der Waals surface area contributed by atoms with Gasteiger partial charge in [-0.05, 0) is 24.3 Å². The molecule has 0 saturated carbocycles. The van der Waals surface area contributed by atoms with Crippen LogP contribution in [0.25, 0.3) is 0 Å². The van der Waals surface area contributed by atoms with Crippen LogP contribution in [0.4, 0.5) is 10.1 Å². The minimum absolute atomic E-state index is 0.0369. The number of nitrogens with two attached hydrogens (primary N) is 1. The van der Waals surface area contributed by atoms with Gasteiger partial charge >= 0.3 is 0 Å². The Morgan fingerprint density at radius 3 is 2.74 bits per heavy atom. The van der Waals surface area contributed by atoms with E-state index in [1.165, 1.54) is 12.1 Å². The fourth-order valence-electron chi connectivity index (χ4n) is 1.48. The van der Waals surface area contributed by atoms with Gasteiger partial charge in [0.25, 0.3) is 0 Å². The Bertz CT molecular complexity index is 696. The highest BCUT2D eigenvalue weighted by Gasteiger charge is 2.15. The zero-order chi connectivity index (χ0) is 14.0. The van der Waals surface area contributed by atoms with Gasteiger partial charge in [0.2, 0.25) is 10.0 Å². The molecule has 2 aromatic rings. The van der Waals surface area contributed by atoms with E-state index in [1.807, 2.05) is 0 Å². The average molecular weight is 284 g/mol. The maximum atomic E-state index is 13.2. The van der Waals surface area contributed by atoms with Crippen molar-refractivity contribution >= 4 is 15.7 Å². The smallest absolute Gasteiger partial charge is 0.241 e. The van der Waals surface area contributed by atoms with E-state index < -0.39 is 15.8 Å². The largest absolute Gasteiger partial charge is 0.396 e. The van der Waals surface area contributed by atoms with Crippen molar-refractivity contribution in [2.45, 2.75) is 11.4 Å². The van der Waals surface area contributed by atoms with E-state index in [1.54, 1.807) is 24.0 Å². The third-order valence-corrected chi connectivity index (χ3v) is 3.89. The van der Waals surface area contributed by atoms with Crippen molar-refractivity contribution in [1.82, 2.24) is 14.5 Å². The Labute approximate surface area is 110 Å². The Morgan fingerprint density at radius 1 is 1.42 bits per heavy atom. The van der Waals surface area contributed by atoms with Crippen LogP contribution in [0, 0.1) is 5.82 Å². The number of hydrogen-bond acceptors (Lipinski definition) is 4. The van der Waals surface area contributed by atoms with Crippen LogP contribution in [-0.4, -0.2) is 18.2 Å². The Kier molecular flexibility index (Phi) is 3.54. The molecule has 6 nitrogen and oxygen atoms in total. The molecule has 8 heteroatoms. The first kappa shape index (κ1) is 13.5. The van der Waals surface area contributed by atoms with Crippen LogP contribution < -0.4 is 10.5 Å². The van der Waals surface area contributed by atoms with Gasteiger partial charge in [0, 0.05) is 13.2 Å². The second-order valence-electron chi connectivity index (χ2n) is 3.99. The number of nitrogens with one attached hydrogen (secondary N) is 1. The Balaban J connectivity index is 2.16. The highest BCUT2D eigenvalue weighted by atomic mass is 32.2. The third-order valence-electron chi connectivity index (χ3n) is 2.49. The van der Waals surface area contributed by atoms with E-state index >= 15 is 0 Å². The number of nitrogen functional groups attached to an aromatic ring is 1. The van der Waals surface area contributed by atoms with Crippen LogP contribution in [0.15, 0.2) is 35.4 Å². The molecule has 2 rings (SSSR count). The zero-order valence-electron chi connectivity index (χ0n) is 10.2. The van der Waals surface area contributed by atoms with Crippen LogP contribution in [0.2, 0.25) is 0 Å².